The number of nitrogen functional groups attached to an aromatic ring is 1. The Morgan fingerprint density at radius 1 is 1.24 bits per heavy atom. The highest BCUT2D eigenvalue weighted by molar-refractivity contribution is 5.87. The third-order valence-electron chi connectivity index (χ3n) is 9.11. The molecule has 2 aromatic rings. The topological polar surface area (TPSA) is 115 Å². The number of likely N-dealkylation sites (N-methyl/N-ethyl adjacent to an activating group) is 1. The van der Waals surface area contributed by atoms with Gasteiger partial charge in [0.1, 0.15) is 18.2 Å². The van der Waals surface area contributed by atoms with Crippen LogP contribution in [0.3, 0.4) is 0 Å². The first-order valence-electron chi connectivity index (χ1n) is 14.5. The van der Waals surface area contributed by atoms with Gasteiger partial charge in [-0.1, -0.05) is 6.58 Å². The maximum Gasteiger partial charge on any atom is 0.318 e. The van der Waals surface area contributed by atoms with Gasteiger partial charge in [-0.15, -0.1) is 0 Å². The fraction of sp³-hybridized carbons (Fsp3) is 0.533. The summed E-state index contributed by atoms with van der Waals surface area (Å²) in [4.78, 5) is 30.7. The Morgan fingerprint density at radius 2 is 2.10 bits per heavy atom. The van der Waals surface area contributed by atoms with Crippen molar-refractivity contribution >= 4 is 17.4 Å². The summed E-state index contributed by atoms with van der Waals surface area (Å²) in [7, 11) is 2.11. The zero-order valence-electron chi connectivity index (χ0n) is 23.6. The van der Waals surface area contributed by atoms with E-state index in [2.05, 4.69) is 34.4 Å². The number of ether oxygens (including phenoxy) is 1. The van der Waals surface area contributed by atoms with Crippen LogP contribution in [0.2, 0.25) is 0 Å². The van der Waals surface area contributed by atoms with Crippen LogP contribution in [0.25, 0.3) is 0 Å². The number of nitriles is 1. The first-order chi connectivity index (χ1) is 19.9. The summed E-state index contributed by atoms with van der Waals surface area (Å²) in [5, 5.41) is 9.49. The van der Waals surface area contributed by atoms with Crippen molar-refractivity contribution in [2.24, 2.45) is 0 Å². The Balaban J connectivity index is 1.30. The molecule has 3 atom stereocenters. The van der Waals surface area contributed by atoms with Gasteiger partial charge in [0.2, 0.25) is 5.91 Å². The number of hydrogen-bond donors (Lipinski definition) is 1. The van der Waals surface area contributed by atoms with Crippen molar-refractivity contribution in [3.05, 3.63) is 53.0 Å². The van der Waals surface area contributed by atoms with Gasteiger partial charge in [0.25, 0.3) is 0 Å². The molecular formula is C30H37FN8O2. The molecule has 4 heterocycles. The second-order valence-electron chi connectivity index (χ2n) is 11.6. The van der Waals surface area contributed by atoms with Gasteiger partial charge in [0.05, 0.1) is 24.2 Å². The molecule has 4 aliphatic rings. The van der Waals surface area contributed by atoms with E-state index in [-0.39, 0.29) is 30.2 Å². The molecule has 0 radical (unpaired) electrons. The number of hydrogen-bond acceptors (Lipinski definition) is 9. The van der Waals surface area contributed by atoms with Crippen LogP contribution >= 0.6 is 0 Å². The molecule has 1 amide bonds. The first kappa shape index (κ1) is 27.4. The van der Waals surface area contributed by atoms with Crippen LogP contribution < -0.4 is 15.4 Å². The number of anilines is 2. The van der Waals surface area contributed by atoms with Crippen LogP contribution in [0, 0.1) is 17.1 Å². The number of rotatable bonds is 7. The molecule has 6 rings (SSSR count). The fourth-order valence-corrected chi connectivity index (χ4v) is 6.96. The van der Waals surface area contributed by atoms with Crippen LogP contribution in [-0.2, 0) is 24.3 Å². The number of piperazine rings is 1. The molecule has 2 saturated heterocycles. The minimum atomic E-state index is -0.278. The number of aryl methyl sites for hydroxylation is 1. The molecule has 0 saturated carbocycles. The number of carbonyl (C=O) groups excluding carboxylic acids is 1. The summed E-state index contributed by atoms with van der Waals surface area (Å²) in [5.74, 6) is 0.352. The minimum absolute atomic E-state index is 0.0717. The molecule has 1 aromatic heterocycles. The van der Waals surface area contributed by atoms with Gasteiger partial charge in [-0.25, -0.2) is 4.39 Å². The molecule has 2 N–H and O–H groups in total. The van der Waals surface area contributed by atoms with E-state index < -0.39 is 0 Å². The number of halogens is 1. The number of fused-ring (bicyclic) bond motifs is 2. The lowest BCUT2D eigenvalue weighted by molar-refractivity contribution is -0.128. The zero-order chi connectivity index (χ0) is 28.7. The van der Waals surface area contributed by atoms with Crippen molar-refractivity contribution in [2.45, 2.75) is 63.3 Å². The maximum absolute atomic E-state index is 15.1. The Kier molecular flexibility index (Phi) is 7.53. The van der Waals surface area contributed by atoms with Gasteiger partial charge in [-0.2, -0.15) is 15.2 Å². The van der Waals surface area contributed by atoms with E-state index in [1.54, 1.807) is 4.90 Å². The van der Waals surface area contributed by atoms with Gasteiger partial charge in [0.15, 0.2) is 0 Å². The van der Waals surface area contributed by atoms with Crippen molar-refractivity contribution < 1.29 is 13.9 Å². The first-order valence-corrected chi connectivity index (χ1v) is 14.5. The monoisotopic (exact) mass is 560 g/mol. The van der Waals surface area contributed by atoms with Crippen molar-refractivity contribution in [1.29, 1.82) is 5.26 Å². The molecular weight excluding hydrogens is 523 g/mol. The number of likely N-dealkylation sites (tertiary alicyclic amines) is 1. The molecule has 41 heavy (non-hydrogen) atoms. The summed E-state index contributed by atoms with van der Waals surface area (Å²) >= 11 is 0. The second kappa shape index (κ2) is 11.3. The van der Waals surface area contributed by atoms with Crippen molar-refractivity contribution in [3.8, 4) is 12.1 Å². The lowest BCUT2D eigenvalue weighted by Gasteiger charge is -2.41. The van der Waals surface area contributed by atoms with Crippen LogP contribution in [0.1, 0.15) is 54.1 Å². The number of nitrogens with zero attached hydrogens (tertiary/aromatic N) is 7. The summed E-state index contributed by atoms with van der Waals surface area (Å²) < 4.78 is 21.3. The predicted octanol–water partition coefficient (Wildman–Crippen LogP) is 2.79. The van der Waals surface area contributed by atoms with Crippen molar-refractivity contribution in [2.75, 3.05) is 50.5 Å². The summed E-state index contributed by atoms with van der Waals surface area (Å²) in [5.41, 5.74) is 9.97. The number of carbonyl (C=O) groups is 1. The highest BCUT2D eigenvalue weighted by Gasteiger charge is 2.39. The van der Waals surface area contributed by atoms with Gasteiger partial charge in [-0.05, 0) is 63.0 Å². The average Bonchev–Trinajstić information content (AvgIpc) is 3.69. The normalized spacial score (nSPS) is 24.3. The molecule has 0 bridgehead atoms. The number of benzene rings is 1. The molecule has 2 fully saturated rings. The second-order valence-corrected chi connectivity index (χ2v) is 11.6. The third-order valence-corrected chi connectivity index (χ3v) is 9.11. The Hall–Kier alpha value is -3.75. The Labute approximate surface area is 240 Å². The number of amides is 1. The van der Waals surface area contributed by atoms with E-state index in [4.69, 9.17) is 20.4 Å². The number of nitrogens with two attached hydrogens (primary N) is 1. The number of aromatic nitrogens is 2. The van der Waals surface area contributed by atoms with E-state index in [0.717, 1.165) is 60.4 Å². The molecule has 1 unspecified atom stereocenters. The summed E-state index contributed by atoms with van der Waals surface area (Å²) in [6.07, 6.45) is 5.35. The smallest absolute Gasteiger partial charge is 0.318 e. The van der Waals surface area contributed by atoms with Gasteiger partial charge < -0.3 is 25.2 Å². The van der Waals surface area contributed by atoms with Crippen molar-refractivity contribution in [1.82, 2.24) is 24.7 Å². The molecule has 0 spiro atoms. The fourth-order valence-electron chi connectivity index (χ4n) is 6.96. The van der Waals surface area contributed by atoms with Crippen LogP contribution in [0.5, 0.6) is 6.01 Å². The summed E-state index contributed by atoms with van der Waals surface area (Å²) in [6.45, 7) is 7.85. The molecule has 3 aliphatic heterocycles. The molecule has 11 heteroatoms. The van der Waals surface area contributed by atoms with Crippen molar-refractivity contribution in [3.63, 3.8) is 0 Å². The third kappa shape index (κ3) is 5.22. The quantitative estimate of drug-likeness (QED) is 0.403. The Bertz CT molecular complexity index is 1390. The lowest BCUT2D eigenvalue weighted by Crippen LogP contribution is -2.55. The predicted molar refractivity (Wildman–Crippen MR) is 152 cm³/mol. The average molecular weight is 561 g/mol. The van der Waals surface area contributed by atoms with Gasteiger partial charge in [-0.3, -0.25) is 9.69 Å². The maximum atomic E-state index is 15.1. The standard InChI is InChI=1S/C30H37FN8O2/c1-3-27(40)39-12-11-37(15-21(39)8-9-32)29-23-16-38(26-7-6-19-13-20(33)14-24(31)28(19)26)17-25(23)34-30(35-29)41-18-22-5-4-10-36(22)2/h3,13-14,21-22,26H,1,4-8,10-12,15-18,33H2,2H3/t21-,22-,26?/m0/s1. The van der Waals surface area contributed by atoms with E-state index in [1.807, 2.05) is 6.07 Å². The summed E-state index contributed by atoms with van der Waals surface area (Å²) in [6, 6.07) is 5.85. The lowest BCUT2D eigenvalue weighted by atomic mass is 10.1. The zero-order valence-corrected chi connectivity index (χ0v) is 23.6. The largest absolute Gasteiger partial charge is 0.462 e. The Morgan fingerprint density at radius 3 is 2.85 bits per heavy atom. The van der Waals surface area contributed by atoms with Crippen LogP contribution in [0.15, 0.2) is 24.8 Å². The molecule has 1 aromatic carbocycles. The minimum Gasteiger partial charge on any atom is -0.462 e. The van der Waals surface area contributed by atoms with Crippen LogP contribution in [0.4, 0.5) is 15.9 Å². The molecule has 1 aliphatic carbocycles. The van der Waals surface area contributed by atoms with E-state index in [9.17, 15) is 10.1 Å². The molecule has 10 nitrogen and oxygen atoms in total. The van der Waals surface area contributed by atoms with E-state index in [0.29, 0.717) is 57.1 Å². The van der Waals surface area contributed by atoms with Gasteiger partial charge in [0, 0.05) is 61.6 Å². The molecule has 216 valence electrons. The highest BCUT2D eigenvalue weighted by Crippen LogP contribution is 2.43. The SMILES string of the molecule is C=CC(=O)N1CCN(c2nc(OC[C@@H]3CCCN3C)nc3c2CN(C2CCc4cc(N)cc(F)c42)C3)C[C@@H]1CC#N. The van der Waals surface area contributed by atoms with Crippen LogP contribution in [-0.4, -0.2) is 82.5 Å². The van der Waals surface area contributed by atoms with Gasteiger partial charge >= 0.3 is 6.01 Å². The van der Waals surface area contributed by atoms with E-state index >= 15 is 4.39 Å². The van der Waals surface area contributed by atoms with E-state index in [1.165, 1.54) is 12.1 Å². The highest BCUT2D eigenvalue weighted by atomic mass is 19.1.